The zero-order valence-electron chi connectivity index (χ0n) is 12.9. The minimum atomic E-state index is 0.521. The molecule has 3 nitrogen and oxygen atoms in total. The summed E-state index contributed by atoms with van der Waals surface area (Å²) in [5, 5.41) is 7.91. The van der Waals surface area contributed by atoms with E-state index in [9.17, 15) is 0 Å². The molecule has 1 aromatic heterocycles. The van der Waals surface area contributed by atoms with Gasteiger partial charge in [-0.1, -0.05) is 27.2 Å². The fraction of sp³-hybridized carbons (Fsp3) is 0.812. The van der Waals surface area contributed by atoms with Crippen molar-refractivity contribution in [3.05, 3.63) is 18.0 Å². The van der Waals surface area contributed by atoms with Gasteiger partial charge in [-0.2, -0.15) is 5.10 Å². The molecule has 0 aliphatic heterocycles. The fourth-order valence-electron chi connectivity index (χ4n) is 3.19. The second kappa shape index (κ2) is 6.08. The van der Waals surface area contributed by atoms with Gasteiger partial charge in [0, 0.05) is 25.8 Å². The third kappa shape index (κ3) is 3.59. The molecule has 0 saturated heterocycles. The van der Waals surface area contributed by atoms with Crippen LogP contribution in [-0.2, 0) is 13.6 Å². The van der Waals surface area contributed by atoms with E-state index in [1.54, 1.807) is 0 Å². The Morgan fingerprint density at radius 1 is 1.32 bits per heavy atom. The second-order valence-corrected chi connectivity index (χ2v) is 6.72. The number of nitrogens with zero attached hydrogens (tertiary/aromatic N) is 2. The maximum Gasteiger partial charge on any atom is 0.0518 e. The lowest BCUT2D eigenvalue weighted by molar-refractivity contribution is 0.136. The molecule has 0 spiro atoms. The first kappa shape index (κ1) is 14.6. The van der Waals surface area contributed by atoms with Crippen LogP contribution in [0, 0.1) is 11.3 Å². The molecule has 2 rings (SSSR count). The van der Waals surface area contributed by atoms with Gasteiger partial charge in [0.15, 0.2) is 0 Å². The summed E-state index contributed by atoms with van der Waals surface area (Å²) in [5.41, 5.74) is 1.79. The van der Waals surface area contributed by atoms with Crippen LogP contribution in [0.5, 0.6) is 0 Å². The number of aromatic nitrogens is 2. The molecule has 0 aromatic carbocycles. The number of hydrogen-bond acceptors (Lipinski definition) is 2. The van der Waals surface area contributed by atoms with Crippen LogP contribution < -0.4 is 5.32 Å². The topological polar surface area (TPSA) is 29.9 Å². The van der Waals surface area contributed by atoms with Crippen molar-refractivity contribution >= 4 is 0 Å². The molecule has 0 unspecified atom stereocenters. The highest BCUT2D eigenvalue weighted by Crippen LogP contribution is 2.40. The summed E-state index contributed by atoms with van der Waals surface area (Å²) in [4.78, 5) is 0. The highest BCUT2D eigenvalue weighted by atomic mass is 15.3. The van der Waals surface area contributed by atoms with Gasteiger partial charge >= 0.3 is 0 Å². The van der Waals surface area contributed by atoms with E-state index in [-0.39, 0.29) is 0 Å². The summed E-state index contributed by atoms with van der Waals surface area (Å²) in [5.74, 6) is 0.909. The Morgan fingerprint density at radius 2 is 2.00 bits per heavy atom. The smallest absolute Gasteiger partial charge is 0.0518 e. The summed E-state index contributed by atoms with van der Waals surface area (Å²) in [6.07, 6.45) is 8.58. The first-order chi connectivity index (χ1) is 9.03. The van der Waals surface area contributed by atoms with Crippen LogP contribution >= 0.6 is 0 Å². The van der Waals surface area contributed by atoms with E-state index in [4.69, 9.17) is 0 Å². The highest BCUT2D eigenvalue weighted by molar-refractivity contribution is 4.99. The van der Waals surface area contributed by atoms with Gasteiger partial charge in [0.2, 0.25) is 0 Å². The maximum atomic E-state index is 4.21. The zero-order chi connectivity index (χ0) is 13.9. The van der Waals surface area contributed by atoms with E-state index in [2.05, 4.69) is 37.3 Å². The van der Waals surface area contributed by atoms with Crippen molar-refractivity contribution in [1.29, 1.82) is 0 Å². The normalized spacial score (nSPS) is 24.6. The molecule has 1 N–H and O–H groups in total. The molecule has 0 bridgehead atoms. The van der Waals surface area contributed by atoms with Crippen LogP contribution in [0.2, 0.25) is 0 Å². The summed E-state index contributed by atoms with van der Waals surface area (Å²) < 4.78 is 1.96. The van der Waals surface area contributed by atoms with E-state index in [1.807, 2.05) is 17.9 Å². The van der Waals surface area contributed by atoms with E-state index in [0.29, 0.717) is 11.5 Å². The molecule has 1 aromatic rings. The Hall–Kier alpha value is -0.830. The van der Waals surface area contributed by atoms with Crippen molar-refractivity contribution in [3.63, 3.8) is 0 Å². The summed E-state index contributed by atoms with van der Waals surface area (Å²) in [6, 6.07) is 2.79. The largest absolute Gasteiger partial charge is 0.308 e. The van der Waals surface area contributed by atoms with Gasteiger partial charge in [-0.05, 0) is 43.1 Å². The van der Waals surface area contributed by atoms with Gasteiger partial charge in [0.05, 0.1) is 5.69 Å². The zero-order valence-corrected chi connectivity index (χ0v) is 12.9. The quantitative estimate of drug-likeness (QED) is 0.881. The molecule has 0 atom stereocenters. The lowest BCUT2D eigenvalue weighted by Gasteiger charge is -2.39. The highest BCUT2D eigenvalue weighted by Gasteiger charge is 2.31. The Bertz CT molecular complexity index is 386. The molecule has 0 amide bonds. The van der Waals surface area contributed by atoms with Crippen LogP contribution in [-0.4, -0.2) is 15.8 Å². The standard InChI is InChI=1S/C16H29N3/c1-5-16(2,3)13-6-8-14(9-7-13)17-12-15-10-11-18-19(15)4/h10-11,13-14,17H,5-9,12H2,1-4H3. The number of rotatable bonds is 5. The van der Waals surface area contributed by atoms with Crippen molar-refractivity contribution in [1.82, 2.24) is 15.1 Å². The molecule has 1 saturated carbocycles. The van der Waals surface area contributed by atoms with Gasteiger partial charge < -0.3 is 5.32 Å². The Morgan fingerprint density at radius 3 is 2.53 bits per heavy atom. The average Bonchev–Trinajstić information content (AvgIpc) is 2.82. The van der Waals surface area contributed by atoms with Crippen molar-refractivity contribution in [2.75, 3.05) is 0 Å². The second-order valence-electron chi connectivity index (χ2n) is 6.72. The van der Waals surface area contributed by atoms with E-state index in [0.717, 1.165) is 12.5 Å². The molecule has 1 aliphatic rings. The molecular weight excluding hydrogens is 234 g/mol. The van der Waals surface area contributed by atoms with E-state index in [1.165, 1.54) is 37.8 Å². The molecule has 19 heavy (non-hydrogen) atoms. The molecule has 3 heteroatoms. The third-order valence-corrected chi connectivity index (χ3v) is 5.24. The first-order valence-corrected chi connectivity index (χ1v) is 7.73. The summed E-state index contributed by atoms with van der Waals surface area (Å²) >= 11 is 0. The minimum Gasteiger partial charge on any atom is -0.308 e. The van der Waals surface area contributed by atoms with Crippen LogP contribution in [0.25, 0.3) is 0 Å². The molecule has 0 radical (unpaired) electrons. The van der Waals surface area contributed by atoms with Crippen LogP contribution in [0.4, 0.5) is 0 Å². The molecule has 1 aliphatic carbocycles. The monoisotopic (exact) mass is 263 g/mol. The third-order valence-electron chi connectivity index (χ3n) is 5.24. The predicted molar refractivity (Wildman–Crippen MR) is 79.9 cm³/mol. The van der Waals surface area contributed by atoms with Crippen LogP contribution in [0.3, 0.4) is 0 Å². The molecule has 1 heterocycles. The van der Waals surface area contributed by atoms with Crippen molar-refractivity contribution < 1.29 is 0 Å². The van der Waals surface area contributed by atoms with E-state index >= 15 is 0 Å². The molecular formula is C16H29N3. The first-order valence-electron chi connectivity index (χ1n) is 7.73. The molecule has 1 fully saturated rings. The van der Waals surface area contributed by atoms with Crippen LogP contribution in [0.1, 0.15) is 58.6 Å². The average molecular weight is 263 g/mol. The maximum absolute atomic E-state index is 4.21. The number of hydrogen-bond donors (Lipinski definition) is 1. The van der Waals surface area contributed by atoms with Crippen molar-refractivity contribution in [2.24, 2.45) is 18.4 Å². The number of aryl methyl sites for hydroxylation is 1. The van der Waals surface area contributed by atoms with Crippen molar-refractivity contribution in [2.45, 2.75) is 65.5 Å². The Balaban J connectivity index is 1.76. The van der Waals surface area contributed by atoms with Gasteiger partial charge in [-0.15, -0.1) is 0 Å². The minimum absolute atomic E-state index is 0.521. The summed E-state index contributed by atoms with van der Waals surface area (Å²) in [7, 11) is 2.01. The Labute approximate surface area is 117 Å². The lowest BCUT2D eigenvalue weighted by atomic mass is 9.69. The lowest BCUT2D eigenvalue weighted by Crippen LogP contribution is -2.36. The summed E-state index contributed by atoms with van der Waals surface area (Å²) in [6.45, 7) is 8.14. The van der Waals surface area contributed by atoms with E-state index < -0.39 is 0 Å². The SMILES string of the molecule is CCC(C)(C)C1CCC(NCc2ccnn2C)CC1. The van der Waals surface area contributed by atoms with Crippen molar-refractivity contribution in [3.8, 4) is 0 Å². The fourth-order valence-corrected chi connectivity index (χ4v) is 3.19. The number of nitrogens with one attached hydrogen (secondary N) is 1. The Kier molecular flexibility index (Phi) is 4.67. The van der Waals surface area contributed by atoms with Crippen LogP contribution in [0.15, 0.2) is 12.3 Å². The van der Waals surface area contributed by atoms with Gasteiger partial charge in [-0.25, -0.2) is 0 Å². The predicted octanol–water partition coefficient (Wildman–Crippen LogP) is 3.50. The van der Waals surface area contributed by atoms with Gasteiger partial charge in [0.25, 0.3) is 0 Å². The van der Waals surface area contributed by atoms with Gasteiger partial charge in [-0.3, -0.25) is 4.68 Å². The van der Waals surface area contributed by atoms with Gasteiger partial charge in [0.1, 0.15) is 0 Å². The molecule has 108 valence electrons.